The fraction of sp³-hybridized carbons (Fsp3) is 0.318. The minimum absolute atomic E-state index is 0.151. The van der Waals surface area contributed by atoms with Gasteiger partial charge in [0.1, 0.15) is 17.5 Å². The van der Waals surface area contributed by atoms with E-state index in [4.69, 9.17) is 0 Å². The molecule has 4 rings (SSSR count). The SMILES string of the molecule is C=C(Nc1ccc(C2=C(C)CC3CCCC23)cn1)c1c(F)cccc1F. The summed E-state index contributed by atoms with van der Waals surface area (Å²) in [6.07, 6.45) is 6.96. The second-order valence-electron chi connectivity index (χ2n) is 7.33. The molecule has 0 bridgehead atoms. The number of hydrogen-bond donors (Lipinski definition) is 1. The average molecular weight is 352 g/mol. The maximum absolute atomic E-state index is 13.9. The molecule has 0 amide bonds. The Morgan fingerprint density at radius 3 is 2.62 bits per heavy atom. The zero-order valence-electron chi connectivity index (χ0n) is 14.9. The molecule has 2 aliphatic carbocycles. The van der Waals surface area contributed by atoms with Crippen molar-refractivity contribution < 1.29 is 8.78 Å². The molecular weight excluding hydrogens is 330 g/mol. The van der Waals surface area contributed by atoms with E-state index < -0.39 is 11.6 Å². The molecule has 0 aliphatic heterocycles. The third-order valence-corrected chi connectivity index (χ3v) is 5.68. The van der Waals surface area contributed by atoms with Gasteiger partial charge < -0.3 is 5.32 Å². The van der Waals surface area contributed by atoms with E-state index in [0.29, 0.717) is 11.7 Å². The lowest BCUT2D eigenvalue weighted by atomic mass is 9.91. The molecule has 4 heteroatoms. The predicted molar refractivity (Wildman–Crippen MR) is 101 cm³/mol. The number of fused-ring (bicyclic) bond motifs is 1. The summed E-state index contributed by atoms with van der Waals surface area (Å²) in [5.74, 6) is 0.710. The highest BCUT2D eigenvalue weighted by atomic mass is 19.1. The van der Waals surface area contributed by atoms with Crippen molar-refractivity contribution >= 4 is 17.1 Å². The minimum Gasteiger partial charge on any atom is -0.340 e. The van der Waals surface area contributed by atoms with Gasteiger partial charge in [-0.25, -0.2) is 13.8 Å². The van der Waals surface area contributed by atoms with Crippen LogP contribution in [0.1, 0.15) is 43.7 Å². The summed E-state index contributed by atoms with van der Waals surface area (Å²) in [5, 5.41) is 2.91. The van der Waals surface area contributed by atoms with E-state index in [0.717, 1.165) is 11.5 Å². The Bertz CT molecular complexity index is 863. The van der Waals surface area contributed by atoms with Crippen molar-refractivity contribution in [3.8, 4) is 0 Å². The van der Waals surface area contributed by atoms with Crippen LogP contribution in [-0.4, -0.2) is 4.98 Å². The number of benzene rings is 1. The highest BCUT2D eigenvalue weighted by Gasteiger charge is 2.36. The Hall–Kier alpha value is -2.49. The fourth-order valence-corrected chi connectivity index (χ4v) is 4.57. The first-order valence-electron chi connectivity index (χ1n) is 9.11. The molecule has 26 heavy (non-hydrogen) atoms. The van der Waals surface area contributed by atoms with Crippen LogP contribution in [0.3, 0.4) is 0 Å². The van der Waals surface area contributed by atoms with Gasteiger partial charge in [0, 0.05) is 11.9 Å². The first kappa shape index (κ1) is 17.0. The topological polar surface area (TPSA) is 24.9 Å². The van der Waals surface area contributed by atoms with Gasteiger partial charge in [0.15, 0.2) is 0 Å². The number of halogens is 2. The summed E-state index contributed by atoms with van der Waals surface area (Å²) < 4.78 is 27.7. The largest absolute Gasteiger partial charge is 0.340 e. The molecule has 2 aliphatic rings. The molecule has 0 radical (unpaired) electrons. The molecular formula is C22H22F2N2. The van der Waals surface area contributed by atoms with E-state index in [1.807, 2.05) is 18.3 Å². The molecule has 1 aromatic carbocycles. The zero-order chi connectivity index (χ0) is 18.3. The number of allylic oxidation sites excluding steroid dienone is 2. The third kappa shape index (κ3) is 2.94. The van der Waals surface area contributed by atoms with E-state index in [1.54, 1.807) is 0 Å². The van der Waals surface area contributed by atoms with Gasteiger partial charge in [0.25, 0.3) is 0 Å². The van der Waals surface area contributed by atoms with Crippen molar-refractivity contribution in [1.29, 1.82) is 0 Å². The van der Waals surface area contributed by atoms with Gasteiger partial charge in [0.2, 0.25) is 0 Å². The smallest absolute Gasteiger partial charge is 0.135 e. The highest BCUT2D eigenvalue weighted by Crippen LogP contribution is 2.51. The number of aromatic nitrogens is 1. The van der Waals surface area contributed by atoms with Crippen molar-refractivity contribution in [3.05, 3.63) is 71.4 Å². The maximum Gasteiger partial charge on any atom is 0.135 e. The van der Waals surface area contributed by atoms with E-state index in [9.17, 15) is 8.78 Å². The highest BCUT2D eigenvalue weighted by molar-refractivity contribution is 5.76. The van der Waals surface area contributed by atoms with Crippen molar-refractivity contribution in [2.75, 3.05) is 5.32 Å². The van der Waals surface area contributed by atoms with Gasteiger partial charge in [-0.15, -0.1) is 0 Å². The standard InChI is InChI=1S/C22H22F2N2/c1-13-11-15-5-3-6-17(15)21(13)16-9-10-20(25-12-16)26-14(2)22-18(23)7-4-8-19(22)24/h4,7-10,12,15,17H,2-3,5-6,11H2,1H3,(H,25,26). The Balaban J connectivity index is 1.54. The van der Waals surface area contributed by atoms with Gasteiger partial charge in [-0.2, -0.15) is 0 Å². The summed E-state index contributed by atoms with van der Waals surface area (Å²) in [5.41, 5.74) is 4.09. The van der Waals surface area contributed by atoms with Crippen molar-refractivity contribution in [1.82, 2.24) is 4.98 Å². The molecule has 1 fully saturated rings. The minimum atomic E-state index is -0.641. The molecule has 1 N–H and O–H groups in total. The summed E-state index contributed by atoms with van der Waals surface area (Å²) in [4.78, 5) is 4.45. The molecule has 1 aromatic heterocycles. The van der Waals surface area contributed by atoms with E-state index in [-0.39, 0.29) is 11.3 Å². The Kier molecular flexibility index (Phi) is 4.35. The van der Waals surface area contributed by atoms with Gasteiger partial charge in [-0.3, -0.25) is 0 Å². The molecule has 2 atom stereocenters. The molecule has 134 valence electrons. The first-order chi connectivity index (χ1) is 12.5. The Morgan fingerprint density at radius 1 is 1.15 bits per heavy atom. The molecule has 1 heterocycles. The molecule has 1 saturated carbocycles. The molecule has 0 spiro atoms. The zero-order valence-corrected chi connectivity index (χ0v) is 14.9. The molecule has 2 aromatic rings. The lowest BCUT2D eigenvalue weighted by Gasteiger charge is -2.15. The van der Waals surface area contributed by atoms with Crippen LogP contribution in [0.2, 0.25) is 0 Å². The summed E-state index contributed by atoms with van der Waals surface area (Å²) in [7, 11) is 0. The number of rotatable bonds is 4. The molecule has 2 nitrogen and oxygen atoms in total. The van der Waals surface area contributed by atoms with Crippen LogP contribution in [0, 0.1) is 23.5 Å². The van der Waals surface area contributed by atoms with Crippen LogP contribution < -0.4 is 5.32 Å². The monoisotopic (exact) mass is 352 g/mol. The predicted octanol–water partition coefficient (Wildman–Crippen LogP) is 6.04. The van der Waals surface area contributed by atoms with Crippen LogP contribution in [0.15, 0.2) is 48.7 Å². The number of anilines is 1. The third-order valence-electron chi connectivity index (χ3n) is 5.68. The van der Waals surface area contributed by atoms with Crippen molar-refractivity contribution in [2.24, 2.45) is 11.8 Å². The second kappa shape index (κ2) is 6.67. The van der Waals surface area contributed by atoms with Gasteiger partial charge in [-0.1, -0.05) is 24.6 Å². The summed E-state index contributed by atoms with van der Waals surface area (Å²) in [6, 6.07) is 7.66. The van der Waals surface area contributed by atoms with Crippen LogP contribution in [0.5, 0.6) is 0 Å². The van der Waals surface area contributed by atoms with Gasteiger partial charge >= 0.3 is 0 Å². The normalized spacial score (nSPS) is 21.8. The van der Waals surface area contributed by atoms with Crippen LogP contribution in [-0.2, 0) is 0 Å². The number of nitrogens with zero attached hydrogens (tertiary/aromatic N) is 1. The summed E-state index contributed by atoms with van der Waals surface area (Å²) in [6.45, 7) is 5.98. The second-order valence-corrected chi connectivity index (χ2v) is 7.33. The van der Waals surface area contributed by atoms with Crippen LogP contribution in [0.25, 0.3) is 11.3 Å². The molecule has 2 unspecified atom stereocenters. The van der Waals surface area contributed by atoms with E-state index in [2.05, 4.69) is 23.8 Å². The van der Waals surface area contributed by atoms with Crippen LogP contribution >= 0.6 is 0 Å². The maximum atomic E-state index is 13.9. The first-order valence-corrected chi connectivity index (χ1v) is 9.11. The lowest BCUT2D eigenvalue weighted by Crippen LogP contribution is -2.05. The average Bonchev–Trinajstić information content (AvgIpc) is 3.15. The fourth-order valence-electron chi connectivity index (χ4n) is 4.57. The number of pyridine rings is 1. The van der Waals surface area contributed by atoms with E-state index >= 15 is 0 Å². The van der Waals surface area contributed by atoms with Gasteiger partial charge in [-0.05, 0) is 73.4 Å². The Morgan fingerprint density at radius 2 is 1.92 bits per heavy atom. The van der Waals surface area contributed by atoms with E-state index in [1.165, 1.54) is 55.0 Å². The van der Waals surface area contributed by atoms with Crippen molar-refractivity contribution in [3.63, 3.8) is 0 Å². The lowest BCUT2D eigenvalue weighted by molar-refractivity contribution is 0.499. The number of nitrogens with one attached hydrogen (secondary N) is 1. The molecule has 0 saturated heterocycles. The van der Waals surface area contributed by atoms with Gasteiger partial charge in [0.05, 0.1) is 5.56 Å². The summed E-state index contributed by atoms with van der Waals surface area (Å²) >= 11 is 0. The quantitative estimate of drug-likeness (QED) is 0.726. The Labute approximate surface area is 152 Å². The van der Waals surface area contributed by atoms with Crippen LogP contribution in [0.4, 0.5) is 14.6 Å². The number of hydrogen-bond acceptors (Lipinski definition) is 2. The van der Waals surface area contributed by atoms with Crippen molar-refractivity contribution in [2.45, 2.75) is 32.6 Å².